The van der Waals surface area contributed by atoms with Crippen LogP contribution in [0.25, 0.3) is 0 Å². The van der Waals surface area contributed by atoms with E-state index < -0.39 is 16.0 Å². The fraction of sp³-hybridized carbons (Fsp3) is 0.542. The van der Waals surface area contributed by atoms with Crippen LogP contribution in [0.5, 0.6) is 0 Å². The Bertz CT molecular complexity index is 981. The van der Waals surface area contributed by atoms with Gasteiger partial charge in [0, 0.05) is 25.0 Å². The van der Waals surface area contributed by atoms with Crippen molar-refractivity contribution in [1.82, 2.24) is 9.71 Å². The molecule has 0 spiro atoms. The van der Waals surface area contributed by atoms with Crippen LogP contribution in [0.3, 0.4) is 0 Å². The van der Waals surface area contributed by atoms with Gasteiger partial charge in [-0.05, 0) is 55.7 Å². The van der Waals surface area contributed by atoms with Crippen molar-refractivity contribution in [2.75, 3.05) is 30.9 Å². The number of rotatable bonds is 7. The maximum absolute atomic E-state index is 13.6. The first kappa shape index (κ1) is 23.1. The zero-order chi connectivity index (χ0) is 22.6. The summed E-state index contributed by atoms with van der Waals surface area (Å²) in [6.07, 6.45) is 6.22. The van der Waals surface area contributed by atoms with E-state index in [0.717, 1.165) is 25.7 Å². The van der Waals surface area contributed by atoms with E-state index in [1.165, 1.54) is 17.9 Å². The number of anilines is 1. The lowest BCUT2D eigenvalue weighted by Crippen LogP contribution is -2.52. The van der Waals surface area contributed by atoms with Gasteiger partial charge >= 0.3 is 0 Å². The maximum Gasteiger partial charge on any atom is 0.214 e. The van der Waals surface area contributed by atoms with E-state index in [4.69, 9.17) is 4.74 Å². The molecule has 1 aromatic carbocycles. The molecular weight excluding hydrogens is 429 g/mol. The van der Waals surface area contributed by atoms with Gasteiger partial charge in [0.2, 0.25) is 16.0 Å². The van der Waals surface area contributed by atoms with E-state index >= 15 is 0 Å². The molecule has 2 aliphatic rings. The predicted octanol–water partition coefficient (Wildman–Crippen LogP) is 3.71. The summed E-state index contributed by atoms with van der Waals surface area (Å²) in [5.41, 5.74) is 1.40. The van der Waals surface area contributed by atoms with E-state index in [1.54, 1.807) is 12.1 Å². The summed E-state index contributed by atoms with van der Waals surface area (Å²) in [6, 6.07) is 15.2. The van der Waals surface area contributed by atoms with Gasteiger partial charge in [0.15, 0.2) is 0 Å². The van der Waals surface area contributed by atoms with Crippen molar-refractivity contribution in [3.63, 3.8) is 0 Å². The average molecular weight is 462 g/mol. The van der Waals surface area contributed by atoms with Gasteiger partial charge in [0.1, 0.15) is 5.82 Å². The second-order valence-electron chi connectivity index (χ2n) is 9.03. The molecule has 1 saturated carbocycles. The highest BCUT2D eigenvalue weighted by atomic mass is 32.2. The van der Waals surface area contributed by atoms with Gasteiger partial charge in [-0.1, -0.05) is 36.4 Å². The highest BCUT2D eigenvalue weighted by molar-refractivity contribution is 7.88. The van der Waals surface area contributed by atoms with Crippen molar-refractivity contribution in [2.45, 2.75) is 50.2 Å². The van der Waals surface area contributed by atoms with Gasteiger partial charge in [-0.3, -0.25) is 0 Å². The number of piperidine rings is 1. The largest absolute Gasteiger partial charge is 0.378 e. The Balaban J connectivity index is 1.36. The molecule has 2 heterocycles. The molecule has 2 fully saturated rings. The molecule has 2 atom stereocenters. The molecule has 1 saturated heterocycles. The number of nitrogens with one attached hydrogen (secondary N) is 1. The third kappa shape index (κ3) is 6.27. The molecule has 0 bridgehead atoms. The third-order valence-corrected chi connectivity index (χ3v) is 7.35. The molecule has 1 aliphatic heterocycles. The lowest BCUT2D eigenvalue weighted by Gasteiger charge is -2.40. The van der Waals surface area contributed by atoms with Gasteiger partial charge in [-0.25, -0.2) is 18.1 Å². The number of nitrogens with zero attached hydrogens (tertiary/aromatic N) is 2. The molecule has 2 aromatic rings. The molecule has 1 aliphatic carbocycles. The fourth-order valence-corrected chi connectivity index (χ4v) is 5.82. The van der Waals surface area contributed by atoms with Crippen molar-refractivity contribution in [1.29, 1.82) is 0 Å². The predicted molar refractivity (Wildman–Crippen MR) is 124 cm³/mol. The zero-order valence-corrected chi connectivity index (χ0v) is 19.3. The normalized spacial score (nSPS) is 26.8. The second kappa shape index (κ2) is 10.3. The minimum absolute atomic E-state index is 0.0320. The number of sulfonamides is 1. The van der Waals surface area contributed by atoms with Crippen molar-refractivity contribution in [3.05, 3.63) is 60.0 Å². The van der Waals surface area contributed by atoms with Gasteiger partial charge in [-0.15, -0.1) is 0 Å². The summed E-state index contributed by atoms with van der Waals surface area (Å²) in [7, 11) is -3.33. The standard InChI is InChI=1S/C24H32FN3O3S/c1-32(29,30)27-22-14-15-28(24-9-5-8-23(25)26-24)16-20(22)17-31-21-12-10-19(11-13-21)18-6-3-2-4-7-18/h2-9,19-22,27H,10-17H2,1H3/t19?,20?,21?,22-/m0/s1. The van der Waals surface area contributed by atoms with E-state index in [-0.39, 0.29) is 18.1 Å². The number of aromatic nitrogens is 1. The van der Waals surface area contributed by atoms with Crippen LogP contribution in [-0.2, 0) is 14.8 Å². The fourth-order valence-electron chi connectivity index (χ4n) is 4.96. The van der Waals surface area contributed by atoms with Crippen molar-refractivity contribution >= 4 is 15.8 Å². The summed E-state index contributed by atoms with van der Waals surface area (Å²) >= 11 is 0. The van der Waals surface area contributed by atoms with Crippen molar-refractivity contribution in [2.24, 2.45) is 5.92 Å². The third-order valence-electron chi connectivity index (χ3n) is 6.61. The summed E-state index contributed by atoms with van der Waals surface area (Å²) in [5, 5.41) is 0. The molecule has 1 unspecified atom stereocenters. The molecule has 8 heteroatoms. The maximum atomic E-state index is 13.6. The van der Waals surface area contributed by atoms with E-state index in [1.807, 2.05) is 11.0 Å². The Kier molecular flexibility index (Phi) is 7.43. The number of hydrogen-bond donors (Lipinski definition) is 1. The van der Waals surface area contributed by atoms with Gasteiger partial charge in [-0.2, -0.15) is 4.39 Å². The van der Waals surface area contributed by atoms with Gasteiger partial charge < -0.3 is 9.64 Å². The summed E-state index contributed by atoms with van der Waals surface area (Å²) in [5.74, 6) is 0.619. The highest BCUT2D eigenvalue weighted by Gasteiger charge is 2.33. The molecule has 0 amide bonds. The van der Waals surface area contributed by atoms with Crippen LogP contribution < -0.4 is 9.62 Å². The number of benzene rings is 1. The minimum atomic E-state index is -3.33. The average Bonchev–Trinajstić information content (AvgIpc) is 2.78. The molecule has 174 valence electrons. The van der Waals surface area contributed by atoms with Gasteiger partial charge in [0.25, 0.3) is 0 Å². The molecule has 1 aromatic heterocycles. The molecular formula is C24H32FN3O3S. The lowest BCUT2D eigenvalue weighted by atomic mass is 9.82. The molecule has 4 rings (SSSR count). The first-order chi connectivity index (χ1) is 15.4. The Hall–Kier alpha value is -2.03. The first-order valence-electron chi connectivity index (χ1n) is 11.4. The van der Waals surface area contributed by atoms with Crippen LogP contribution in [0, 0.1) is 11.9 Å². The smallest absolute Gasteiger partial charge is 0.214 e. The summed E-state index contributed by atoms with van der Waals surface area (Å²) in [4.78, 5) is 6.02. The molecule has 0 radical (unpaired) electrons. The van der Waals surface area contributed by atoms with E-state index in [2.05, 4.69) is 34.0 Å². The zero-order valence-electron chi connectivity index (χ0n) is 18.5. The quantitative estimate of drug-likeness (QED) is 0.637. The van der Waals surface area contributed by atoms with Gasteiger partial charge in [0.05, 0.1) is 19.0 Å². The van der Waals surface area contributed by atoms with E-state index in [9.17, 15) is 12.8 Å². The Morgan fingerprint density at radius 3 is 2.50 bits per heavy atom. The Morgan fingerprint density at radius 2 is 1.81 bits per heavy atom. The number of pyridine rings is 1. The van der Waals surface area contributed by atoms with Crippen LogP contribution in [-0.4, -0.2) is 51.5 Å². The van der Waals surface area contributed by atoms with Crippen LogP contribution in [0.1, 0.15) is 43.6 Å². The topological polar surface area (TPSA) is 71.5 Å². The molecule has 32 heavy (non-hydrogen) atoms. The second-order valence-corrected chi connectivity index (χ2v) is 10.8. The summed E-state index contributed by atoms with van der Waals surface area (Å²) < 4.78 is 46.5. The van der Waals surface area contributed by atoms with Crippen LogP contribution >= 0.6 is 0 Å². The summed E-state index contributed by atoms with van der Waals surface area (Å²) in [6.45, 7) is 1.66. The monoisotopic (exact) mass is 461 g/mol. The lowest BCUT2D eigenvalue weighted by molar-refractivity contribution is -0.00214. The SMILES string of the molecule is CS(=O)(=O)N[C@H]1CCN(c2cccc(F)n2)CC1COC1CCC(c2ccccc2)CC1. The van der Waals surface area contributed by atoms with Crippen LogP contribution in [0.15, 0.2) is 48.5 Å². The minimum Gasteiger partial charge on any atom is -0.378 e. The number of hydrogen-bond acceptors (Lipinski definition) is 5. The van der Waals surface area contributed by atoms with Crippen molar-refractivity contribution in [3.8, 4) is 0 Å². The number of halogens is 1. The highest BCUT2D eigenvalue weighted by Crippen LogP contribution is 2.34. The molecule has 1 N–H and O–H groups in total. The first-order valence-corrected chi connectivity index (χ1v) is 13.3. The van der Waals surface area contributed by atoms with E-state index in [0.29, 0.717) is 37.9 Å². The van der Waals surface area contributed by atoms with Crippen LogP contribution in [0.2, 0.25) is 0 Å². The molecule has 6 nitrogen and oxygen atoms in total. The van der Waals surface area contributed by atoms with Crippen LogP contribution in [0.4, 0.5) is 10.2 Å². The Morgan fingerprint density at radius 1 is 1.06 bits per heavy atom. The number of ether oxygens (including phenoxy) is 1. The Labute approximate surface area is 190 Å². The van der Waals surface area contributed by atoms with Crippen molar-refractivity contribution < 1.29 is 17.5 Å².